The Bertz CT molecular complexity index is 992. The van der Waals surface area contributed by atoms with Gasteiger partial charge in [0.1, 0.15) is 18.1 Å². The summed E-state index contributed by atoms with van der Waals surface area (Å²) in [6.07, 6.45) is 2.49. The number of nitrogens with zero attached hydrogens (tertiary/aromatic N) is 1. The van der Waals surface area contributed by atoms with Crippen molar-refractivity contribution < 1.29 is 23.7 Å². The molecule has 1 fully saturated rings. The first-order valence-electron chi connectivity index (χ1n) is 10.4. The highest BCUT2D eigenvalue weighted by Gasteiger charge is 2.30. The van der Waals surface area contributed by atoms with Crippen LogP contribution in [0.5, 0.6) is 17.2 Å². The van der Waals surface area contributed by atoms with Crippen molar-refractivity contribution in [3.05, 3.63) is 59.3 Å². The zero-order valence-electron chi connectivity index (χ0n) is 18.6. The van der Waals surface area contributed by atoms with Gasteiger partial charge in [0, 0.05) is 25.8 Å². The van der Waals surface area contributed by atoms with Crippen molar-refractivity contribution >= 4 is 29.3 Å². The van der Waals surface area contributed by atoms with E-state index in [0.29, 0.717) is 54.2 Å². The van der Waals surface area contributed by atoms with Crippen molar-refractivity contribution in [3.8, 4) is 17.2 Å². The number of hydrogen-bond acceptors (Lipinski definition) is 6. The summed E-state index contributed by atoms with van der Waals surface area (Å²) >= 11 is 5.32. The van der Waals surface area contributed by atoms with Gasteiger partial charge in [-0.2, -0.15) is 0 Å². The fraction of sp³-hybridized carbons (Fsp3) is 0.333. The van der Waals surface area contributed by atoms with E-state index in [1.807, 2.05) is 49.4 Å². The number of carbonyl (C=O) groups is 1. The smallest absolute Gasteiger partial charge is 0.276 e. The number of hydrogen-bond donors (Lipinski definition) is 1. The van der Waals surface area contributed by atoms with E-state index in [9.17, 15) is 4.79 Å². The van der Waals surface area contributed by atoms with Crippen LogP contribution in [-0.2, 0) is 16.1 Å². The molecule has 1 heterocycles. The largest absolute Gasteiger partial charge is 0.496 e. The number of ether oxygens (including phenoxy) is 4. The molecule has 0 spiro atoms. The van der Waals surface area contributed by atoms with Crippen molar-refractivity contribution in [2.24, 2.45) is 0 Å². The van der Waals surface area contributed by atoms with Gasteiger partial charge in [0.2, 0.25) is 0 Å². The van der Waals surface area contributed by atoms with E-state index in [2.05, 4.69) is 5.32 Å². The van der Waals surface area contributed by atoms with Gasteiger partial charge in [0.05, 0.1) is 13.7 Å². The lowest BCUT2D eigenvalue weighted by Crippen LogP contribution is -2.32. The number of rotatable bonds is 11. The van der Waals surface area contributed by atoms with Crippen molar-refractivity contribution in [2.45, 2.75) is 20.0 Å². The van der Waals surface area contributed by atoms with Gasteiger partial charge in [-0.05, 0) is 61.5 Å². The van der Waals surface area contributed by atoms with Crippen LogP contribution < -0.4 is 19.5 Å². The number of para-hydroxylation sites is 2. The van der Waals surface area contributed by atoms with Gasteiger partial charge >= 0.3 is 0 Å². The molecule has 1 aliphatic rings. The first-order valence-corrected chi connectivity index (χ1v) is 10.8. The average molecular weight is 457 g/mol. The second-order valence-electron chi connectivity index (χ2n) is 7.03. The van der Waals surface area contributed by atoms with Gasteiger partial charge in [-0.25, -0.2) is 0 Å². The normalized spacial score (nSPS) is 14.6. The Kier molecular flexibility index (Phi) is 8.47. The van der Waals surface area contributed by atoms with E-state index < -0.39 is 0 Å². The minimum Gasteiger partial charge on any atom is -0.496 e. The Balaban J connectivity index is 1.76. The van der Waals surface area contributed by atoms with E-state index in [1.54, 1.807) is 25.2 Å². The third-order valence-electron chi connectivity index (χ3n) is 4.84. The molecule has 3 rings (SSSR count). The van der Waals surface area contributed by atoms with Gasteiger partial charge in [-0.15, -0.1) is 0 Å². The fourth-order valence-electron chi connectivity index (χ4n) is 3.31. The maximum Gasteiger partial charge on any atom is 0.276 e. The molecule has 32 heavy (non-hydrogen) atoms. The van der Waals surface area contributed by atoms with Crippen LogP contribution in [0.3, 0.4) is 0 Å². The van der Waals surface area contributed by atoms with E-state index in [-0.39, 0.29) is 12.5 Å². The van der Waals surface area contributed by atoms with Crippen LogP contribution in [0.2, 0.25) is 0 Å². The Morgan fingerprint density at radius 1 is 1.06 bits per heavy atom. The molecular weight excluding hydrogens is 428 g/mol. The molecule has 0 atom stereocenters. The van der Waals surface area contributed by atoms with Crippen molar-refractivity contribution in [1.29, 1.82) is 0 Å². The molecule has 1 aliphatic heterocycles. The van der Waals surface area contributed by atoms with Crippen LogP contribution in [0.1, 0.15) is 24.5 Å². The lowest BCUT2D eigenvalue weighted by molar-refractivity contribution is -0.122. The summed E-state index contributed by atoms with van der Waals surface area (Å²) in [7, 11) is 3.25. The molecule has 1 saturated heterocycles. The highest BCUT2D eigenvalue weighted by molar-refractivity contribution is 7.80. The summed E-state index contributed by atoms with van der Waals surface area (Å²) in [5, 5.41) is 3.41. The minimum absolute atomic E-state index is 0.148. The second kappa shape index (κ2) is 11.5. The number of thiocarbonyl (C=S) groups is 1. The summed E-state index contributed by atoms with van der Waals surface area (Å²) in [4.78, 5) is 14.3. The Morgan fingerprint density at radius 2 is 1.81 bits per heavy atom. The lowest BCUT2D eigenvalue weighted by atomic mass is 10.1. The van der Waals surface area contributed by atoms with Crippen LogP contribution in [0.4, 0.5) is 0 Å². The Labute approximate surface area is 193 Å². The van der Waals surface area contributed by atoms with E-state index in [1.165, 1.54) is 0 Å². The topological polar surface area (TPSA) is 69.3 Å². The molecular formula is C24H28N2O5S. The summed E-state index contributed by atoms with van der Waals surface area (Å²) in [5.74, 6) is 1.90. The molecule has 0 unspecified atom stereocenters. The number of amides is 1. The number of methoxy groups -OCH3 is 2. The Hall–Kier alpha value is -3.10. The maximum atomic E-state index is 12.7. The van der Waals surface area contributed by atoms with E-state index in [4.69, 9.17) is 31.2 Å². The fourth-order valence-corrected chi connectivity index (χ4v) is 3.59. The molecule has 0 radical (unpaired) electrons. The predicted octanol–water partition coefficient (Wildman–Crippen LogP) is 3.77. The SMILES string of the molecule is CCOc1ccccc1OCc1cc(/C=C2/NC(=S)N(CCCOC)C2=O)ccc1OC. The molecule has 1 amide bonds. The van der Waals surface area contributed by atoms with Gasteiger partial charge in [-0.3, -0.25) is 9.69 Å². The van der Waals surface area contributed by atoms with Crippen LogP contribution in [0.15, 0.2) is 48.2 Å². The highest BCUT2D eigenvalue weighted by Crippen LogP contribution is 2.29. The molecule has 8 heteroatoms. The second-order valence-corrected chi connectivity index (χ2v) is 7.42. The summed E-state index contributed by atoms with van der Waals surface area (Å²) in [6.45, 7) is 3.85. The summed E-state index contributed by atoms with van der Waals surface area (Å²) < 4.78 is 22.2. The third kappa shape index (κ3) is 5.77. The lowest BCUT2D eigenvalue weighted by Gasteiger charge is -2.14. The molecule has 1 N–H and O–H groups in total. The third-order valence-corrected chi connectivity index (χ3v) is 5.16. The molecule has 0 aromatic heterocycles. The summed E-state index contributed by atoms with van der Waals surface area (Å²) in [5.41, 5.74) is 2.11. The van der Waals surface area contributed by atoms with Crippen LogP contribution in [-0.4, -0.2) is 49.9 Å². The standard InChI is InChI=1S/C24H28N2O5S/c1-4-30-21-8-5-6-9-22(21)31-16-18-14-17(10-11-20(18)29-3)15-19-23(27)26(24(32)25-19)12-7-13-28-2/h5-6,8-11,14-15H,4,7,12-13,16H2,1-3H3,(H,25,32)/b19-15+. The minimum atomic E-state index is -0.148. The number of benzene rings is 2. The van der Waals surface area contributed by atoms with E-state index in [0.717, 1.165) is 11.1 Å². The van der Waals surface area contributed by atoms with Crippen LogP contribution in [0.25, 0.3) is 6.08 Å². The van der Waals surface area contributed by atoms with Crippen LogP contribution >= 0.6 is 12.2 Å². The number of carbonyl (C=O) groups excluding carboxylic acids is 1. The van der Waals surface area contributed by atoms with Crippen LogP contribution in [0, 0.1) is 0 Å². The average Bonchev–Trinajstić information content (AvgIpc) is 3.06. The molecule has 0 bridgehead atoms. The summed E-state index contributed by atoms with van der Waals surface area (Å²) in [6, 6.07) is 13.2. The molecule has 0 saturated carbocycles. The molecule has 2 aromatic rings. The highest BCUT2D eigenvalue weighted by atomic mass is 32.1. The van der Waals surface area contributed by atoms with Crippen molar-refractivity contribution in [1.82, 2.24) is 10.2 Å². The molecule has 170 valence electrons. The number of nitrogens with one attached hydrogen (secondary N) is 1. The van der Waals surface area contributed by atoms with Gasteiger partial charge in [-0.1, -0.05) is 18.2 Å². The zero-order valence-corrected chi connectivity index (χ0v) is 19.4. The molecule has 2 aromatic carbocycles. The quantitative estimate of drug-likeness (QED) is 0.314. The van der Waals surface area contributed by atoms with E-state index >= 15 is 0 Å². The monoisotopic (exact) mass is 456 g/mol. The molecule has 7 nitrogen and oxygen atoms in total. The Morgan fingerprint density at radius 3 is 2.50 bits per heavy atom. The maximum absolute atomic E-state index is 12.7. The predicted molar refractivity (Wildman–Crippen MR) is 127 cm³/mol. The van der Waals surface area contributed by atoms with Crippen molar-refractivity contribution in [3.63, 3.8) is 0 Å². The van der Waals surface area contributed by atoms with Gasteiger partial charge in [0.25, 0.3) is 5.91 Å². The first kappa shape index (κ1) is 23.6. The first-order chi connectivity index (χ1) is 15.6. The van der Waals surface area contributed by atoms with Gasteiger partial charge < -0.3 is 24.3 Å². The van der Waals surface area contributed by atoms with Crippen molar-refractivity contribution in [2.75, 3.05) is 34.0 Å². The zero-order chi connectivity index (χ0) is 22.9. The van der Waals surface area contributed by atoms with Gasteiger partial charge in [0.15, 0.2) is 16.6 Å². The molecule has 0 aliphatic carbocycles.